The molecule has 356 valence electrons. The van der Waals surface area contributed by atoms with Crippen LogP contribution in [0.1, 0.15) is 149 Å². The fraction of sp³-hybridized carbons (Fsp3) is 0.364. The van der Waals surface area contributed by atoms with Crippen molar-refractivity contribution in [3.8, 4) is 22.3 Å². The minimum Gasteiger partial charge on any atom is -0.400 e. The van der Waals surface area contributed by atoms with Crippen LogP contribution in [-0.4, -0.2) is 12.4 Å². The van der Waals surface area contributed by atoms with E-state index >= 15 is 0 Å². The van der Waals surface area contributed by atoms with Gasteiger partial charge in [-0.15, -0.1) is 22.7 Å². The van der Waals surface area contributed by atoms with Gasteiger partial charge in [0.15, 0.2) is 0 Å². The van der Waals surface area contributed by atoms with Crippen molar-refractivity contribution in [2.24, 2.45) is 0 Å². The van der Waals surface area contributed by atoms with Crippen molar-refractivity contribution in [2.75, 3.05) is 9.71 Å². The Labute approximate surface area is 430 Å². The van der Waals surface area contributed by atoms with Gasteiger partial charge in [0.25, 0.3) is 0 Å². The highest BCUT2D eigenvalue weighted by molar-refractivity contribution is 7.26. The Morgan fingerprint density at radius 3 is 1.93 bits per heavy atom. The summed E-state index contributed by atoms with van der Waals surface area (Å²) in [7, 11) is 0. The maximum absolute atomic E-state index is 3.06. The summed E-state index contributed by atoms with van der Waals surface area (Å²) >= 11 is 3.99. The van der Waals surface area contributed by atoms with Gasteiger partial charge in [-0.3, -0.25) is 0 Å². The maximum atomic E-state index is 3.06. The zero-order chi connectivity index (χ0) is 49.1. The summed E-state index contributed by atoms with van der Waals surface area (Å²) in [6.07, 6.45) is 7.31. The Morgan fingerprint density at radius 2 is 1.18 bits per heavy atom. The highest BCUT2D eigenvalue weighted by Gasteiger charge is 2.63. The summed E-state index contributed by atoms with van der Waals surface area (Å²) in [4.78, 5) is 5.87. The molecule has 71 heavy (non-hydrogen) atoms. The van der Waals surface area contributed by atoms with Gasteiger partial charge in [-0.25, -0.2) is 0 Å². The molecule has 2 unspecified atom stereocenters. The first-order valence-electron chi connectivity index (χ1n) is 26.7. The largest absolute Gasteiger partial charge is 0.400 e. The summed E-state index contributed by atoms with van der Waals surface area (Å²) in [6.45, 7) is 29.7. The number of anilines is 4. The molecule has 0 bridgehead atoms. The average molecular weight is 963 g/mol. The molecule has 2 atom stereocenters. The van der Waals surface area contributed by atoms with Crippen molar-refractivity contribution in [3.05, 3.63) is 143 Å². The van der Waals surface area contributed by atoms with Crippen LogP contribution in [0.4, 0.5) is 22.7 Å². The lowest BCUT2D eigenvalue weighted by atomic mass is 9.42. The Balaban J connectivity index is 1.20. The molecule has 5 heteroatoms. The van der Waals surface area contributed by atoms with Crippen molar-refractivity contribution in [1.29, 1.82) is 0 Å². The number of fused-ring (bicyclic) bond motifs is 16. The molecular formula is C66H67BN2S2. The van der Waals surface area contributed by atoms with E-state index in [0.29, 0.717) is 0 Å². The standard InChI is InChI=1S/C66H67BN2S2/c1-61(2,3)39-24-26-49(42(32-39)38-20-14-13-15-21-38)68-50-37-54-55(41-22-16-17-23-51(41)70-54)57-44-33-40(62(4,5)6)34-47-59(44)69(66(12)29-19-18-28-65(47,66)11)67(58(50)57)48-25-27-52-56(60(48)68)43-35-45-46(36-53(43)71-52)64(9,10)31-30-63(45,7)8/h13-17,20-27,32-37H,18-19,28-31H2,1-12H3. The highest BCUT2D eigenvalue weighted by atomic mass is 32.1. The zero-order valence-electron chi connectivity index (χ0n) is 44.0. The summed E-state index contributed by atoms with van der Waals surface area (Å²) in [5.41, 5.74) is 21.3. The monoisotopic (exact) mass is 962 g/mol. The van der Waals surface area contributed by atoms with Crippen molar-refractivity contribution in [3.63, 3.8) is 0 Å². The van der Waals surface area contributed by atoms with E-state index in [9.17, 15) is 0 Å². The molecule has 2 aromatic heterocycles. The Hall–Kier alpha value is -5.36. The highest BCUT2D eigenvalue weighted by Crippen LogP contribution is 2.65. The van der Waals surface area contributed by atoms with Crippen LogP contribution in [-0.2, 0) is 27.1 Å². The fourth-order valence-corrected chi connectivity index (χ4v) is 17.0. The lowest BCUT2D eigenvalue weighted by Gasteiger charge is -2.55. The second-order valence-corrected chi connectivity index (χ2v) is 28.4. The van der Waals surface area contributed by atoms with Gasteiger partial charge < -0.3 is 9.71 Å². The van der Waals surface area contributed by atoms with E-state index in [1.165, 1.54) is 157 Å². The molecule has 3 aliphatic heterocycles. The van der Waals surface area contributed by atoms with Crippen LogP contribution in [0.5, 0.6) is 0 Å². The SMILES string of the molecule is CC(C)(C)c1ccc(N2c3cc4sc5ccccc5c4c4c3B(c3ccc5sc6cc7c(cc6c5c32)C(C)(C)CCC7(C)C)N2c3c-4cc(C(C)(C)C)cc3C3(C)CCCCC23C)c(-c2ccccc2)c1. The summed E-state index contributed by atoms with van der Waals surface area (Å²) in [5, 5.41) is 5.64. The maximum Gasteiger partial charge on any atom is 0.328 e. The van der Waals surface area contributed by atoms with Crippen LogP contribution in [0.15, 0.2) is 115 Å². The molecular weight excluding hydrogens is 896 g/mol. The van der Waals surface area contributed by atoms with Crippen LogP contribution >= 0.6 is 22.7 Å². The smallest absolute Gasteiger partial charge is 0.328 e. The van der Waals surface area contributed by atoms with E-state index in [2.05, 4.69) is 208 Å². The predicted molar refractivity (Wildman–Crippen MR) is 312 cm³/mol. The van der Waals surface area contributed by atoms with Gasteiger partial charge in [0.2, 0.25) is 0 Å². The lowest BCUT2D eigenvalue weighted by molar-refractivity contribution is 0.199. The number of benzene rings is 7. The number of thiophene rings is 2. The third-order valence-corrected chi connectivity index (χ3v) is 21.4. The van der Waals surface area contributed by atoms with Crippen LogP contribution < -0.4 is 20.6 Å². The van der Waals surface area contributed by atoms with E-state index in [1.807, 2.05) is 22.7 Å². The molecule has 2 aliphatic carbocycles. The van der Waals surface area contributed by atoms with Crippen LogP contribution in [0.3, 0.4) is 0 Å². The Bertz CT molecular complexity index is 3800. The minimum absolute atomic E-state index is 0.00811. The summed E-state index contributed by atoms with van der Waals surface area (Å²) in [6, 6.07) is 46.5. The van der Waals surface area contributed by atoms with Crippen molar-refractivity contribution < 1.29 is 0 Å². The number of hydrogen-bond donors (Lipinski definition) is 0. The van der Waals surface area contributed by atoms with Crippen LogP contribution in [0.2, 0.25) is 0 Å². The molecule has 9 aromatic rings. The topological polar surface area (TPSA) is 6.48 Å². The molecule has 2 nitrogen and oxygen atoms in total. The molecule has 0 saturated heterocycles. The molecule has 0 spiro atoms. The number of hydrogen-bond acceptors (Lipinski definition) is 4. The van der Waals surface area contributed by atoms with Gasteiger partial charge in [-0.2, -0.15) is 0 Å². The first kappa shape index (κ1) is 44.4. The number of rotatable bonds is 2. The van der Waals surface area contributed by atoms with E-state index < -0.39 is 0 Å². The fourth-order valence-electron chi connectivity index (χ4n) is 14.8. The average Bonchev–Trinajstić information content (AvgIpc) is 3.97. The molecule has 0 N–H and O–H groups in total. The predicted octanol–water partition coefficient (Wildman–Crippen LogP) is 18.0. The van der Waals surface area contributed by atoms with Crippen LogP contribution in [0.25, 0.3) is 62.6 Å². The molecule has 1 fully saturated rings. The van der Waals surface area contributed by atoms with Gasteiger partial charge in [-0.1, -0.05) is 156 Å². The Morgan fingerprint density at radius 1 is 0.507 bits per heavy atom. The molecule has 0 amide bonds. The summed E-state index contributed by atoms with van der Waals surface area (Å²) in [5.74, 6) is 0. The second-order valence-electron chi connectivity index (χ2n) is 26.2. The molecule has 5 heterocycles. The van der Waals surface area contributed by atoms with Gasteiger partial charge in [0.1, 0.15) is 0 Å². The second kappa shape index (κ2) is 14.2. The van der Waals surface area contributed by atoms with Crippen molar-refractivity contribution >= 4 is 104 Å². The van der Waals surface area contributed by atoms with E-state index in [-0.39, 0.29) is 39.5 Å². The molecule has 7 aromatic carbocycles. The first-order valence-corrected chi connectivity index (χ1v) is 28.3. The minimum atomic E-state index is -0.0898. The molecule has 14 rings (SSSR count). The lowest BCUT2D eigenvalue weighted by Crippen LogP contribution is -2.70. The first-order chi connectivity index (χ1) is 33.7. The van der Waals surface area contributed by atoms with Gasteiger partial charge in [0, 0.05) is 73.8 Å². The summed E-state index contributed by atoms with van der Waals surface area (Å²) < 4.78 is 5.52. The van der Waals surface area contributed by atoms with Gasteiger partial charge in [0.05, 0.1) is 11.4 Å². The third kappa shape index (κ3) is 5.83. The number of nitrogens with zero attached hydrogens (tertiary/aromatic N) is 2. The molecule has 5 aliphatic rings. The molecule has 0 radical (unpaired) electrons. The molecule has 1 saturated carbocycles. The van der Waals surface area contributed by atoms with Crippen molar-refractivity contribution in [2.45, 2.75) is 154 Å². The van der Waals surface area contributed by atoms with Crippen molar-refractivity contribution in [1.82, 2.24) is 0 Å². The Kier molecular flexibility index (Phi) is 8.89. The zero-order valence-corrected chi connectivity index (χ0v) is 45.6. The van der Waals surface area contributed by atoms with Crippen LogP contribution in [0, 0.1) is 0 Å². The third-order valence-electron chi connectivity index (χ3n) is 19.2. The van der Waals surface area contributed by atoms with E-state index in [4.69, 9.17) is 0 Å². The normalized spacial score (nSPS) is 21.7. The quantitative estimate of drug-likeness (QED) is 0.159. The van der Waals surface area contributed by atoms with E-state index in [0.717, 1.165) is 0 Å². The van der Waals surface area contributed by atoms with Gasteiger partial charge in [-0.05, 0) is 153 Å². The van der Waals surface area contributed by atoms with Gasteiger partial charge >= 0.3 is 6.85 Å². The van der Waals surface area contributed by atoms with E-state index in [1.54, 1.807) is 5.56 Å².